The van der Waals surface area contributed by atoms with Crippen molar-refractivity contribution in [3.63, 3.8) is 0 Å². The van der Waals surface area contributed by atoms with Crippen molar-refractivity contribution in [1.82, 2.24) is 4.98 Å². The van der Waals surface area contributed by atoms with Crippen molar-refractivity contribution in [2.75, 3.05) is 0 Å². The van der Waals surface area contributed by atoms with Crippen LogP contribution in [0.1, 0.15) is 5.69 Å². The van der Waals surface area contributed by atoms with Crippen LogP contribution in [-0.2, 0) is 6.42 Å². The Bertz CT molecular complexity index is 488. The van der Waals surface area contributed by atoms with E-state index in [4.69, 9.17) is 0 Å². The molecule has 0 fully saturated rings. The highest BCUT2D eigenvalue weighted by Gasteiger charge is 1.99. The molecule has 0 saturated heterocycles. The third kappa shape index (κ3) is 2.34. The van der Waals surface area contributed by atoms with Gasteiger partial charge in [-0.1, -0.05) is 24.3 Å². The fraction of sp³-hybridized carbons (Fsp3) is 0.0714. The van der Waals surface area contributed by atoms with Gasteiger partial charge in [-0.05, 0) is 23.8 Å². The van der Waals surface area contributed by atoms with Crippen molar-refractivity contribution in [1.29, 1.82) is 0 Å². The van der Waals surface area contributed by atoms with E-state index in [1.54, 1.807) is 12.3 Å². The first-order valence-electron chi connectivity index (χ1n) is 5.11. The van der Waals surface area contributed by atoms with Crippen LogP contribution >= 0.6 is 0 Å². The molecule has 1 heterocycles. The molecule has 80 valence electrons. The Labute approximate surface area is 94.3 Å². The number of halogens is 1. The van der Waals surface area contributed by atoms with Crippen LogP contribution in [0.3, 0.4) is 0 Å². The smallest absolute Gasteiger partial charge is 0.123 e. The van der Waals surface area contributed by atoms with Crippen LogP contribution in [0.2, 0.25) is 0 Å². The molecule has 0 amide bonds. The molecule has 1 nitrogen and oxygen atoms in total. The number of nitrogens with zero attached hydrogens (tertiary/aromatic N) is 1. The molecule has 16 heavy (non-hydrogen) atoms. The lowest BCUT2D eigenvalue weighted by atomic mass is 10.1. The fourth-order valence-corrected chi connectivity index (χ4v) is 1.53. The lowest BCUT2D eigenvalue weighted by Gasteiger charge is -2.02. The number of hydrogen-bond donors (Lipinski definition) is 0. The lowest BCUT2D eigenvalue weighted by molar-refractivity contribution is 0.628. The van der Waals surface area contributed by atoms with Gasteiger partial charge in [-0.25, -0.2) is 4.39 Å². The molecule has 2 aromatic rings. The van der Waals surface area contributed by atoms with Gasteiger partial charge in [-0.2, -0.15) is 0 Å². The summed E-state index contributed by atoms with van der Waals surface area (Å²) < 4.78 is 13.0. The molecule has 0 N–H and O–H groups in total. The molecule has 2 heteroatoms. The van der Waals surface area contributed by atoms with Crippen LogP contribution in [-0.4, -0.2) is 4.98 Å². The number of rotatable bonds is 3. The van der Waals surface area contributed by atoms with E-state index in [2.05, 4.69) is 11.6 Å². The Morgan fingerprint density at radius 3 is 2.69 bits per heavy atom. The maximum Gasteiger partial charge on any atom is 0.123 e. The molecule has 0 spiro atoms. The Kier molecular flexibility index (Phi) is 3.10. The largest absolute Gasteiger partial charge is 0.260 e. The van der Waals surface area contributed by atoms with Crippen molar-refractivity contribution in [2.24, 2.45) is 0 Å². The first-order chi connectivity index (χ1) is 7.79. The molecule has 0 aliphatic heterocycles. The van der Waals surface area contributed by atoms with Crippen molar-refractivity contribution >= 4 is 0 Å². The number of benzene rings is 1. The number of hydrogen-bond acceptors (Lipinski definition) is 1. The molecule has 0 aliphatic rings. The highest BCUT2D eigenvalue weighted by atomic mass is 19.1. The van der Waals surface area contributed by atoms with E-state index in [-0.39, 0.29) is 5.82 Å². The summed E-state index contributed by atoms with van der Waals surface area (Å²) in [6.45, 7) is 3.66. The monoisotopic (exact) mass is 213 g/mol. The summed E-state index contributed by atoms with van der Waals surface area (Å²) in [5.74, 6) is -0.229. The predicted molar refractivity (Wildman–Crippen MR) is 63.5 cm³/mol. The maximum atomic E-state index is 13.0. The molecule has 0 atom stereocenters. The zero-order chi connectivity index (χ0) is 11.4. The molecule has 1 aromatic heterocycles. The van der Waals surface area contributed by atoms with E-state index < -0.39 is 0 Å². The van der Waals surface area contributed by atoms with Gasteiger partial charge in [0, 0.05) is 23.9 Å². The van der Waals surface area contributed by atoms with Crippen LogP contribution in [0.15, 0.2) is 55.3 Å². The van der Waals surface area contributed by atoms with Gasteiger partial charge in [0.15, 0.2) is 0 Å². The molecule has 0 aliphatic carbocycles. The standard InChI is InChI=1S/C14H12FN/c1-2-4-14-8-7-12(10-16-14)11-5-3-6-13(15)9-11/h2-3,5-10H,1,4H2. The Morgan fingerprint density at radius 1 is 1.19 bits per heavy atom. The summed E-state index contributed by atoms with van der Waals surface area (Å²) in [6, 6.07) is 10.4. The minimum atomic E-state index is -0.229. The van der Waals surface area contributed by atoms with Gasteiger partial charge in [-0.3, -0.25) is 4.98 Å². The molecule has 0 bridgehead atoms. The topological polar surface area (TPSA) is 12.9 Å². The number of allylic oxidation sites excluding steroid dienone is 1. The first-order valence-corrected chi connectivity index (χ1v) is 5.11. The highest BCUT2D eigenvalue weighted by Crippen LogP contribution is 2.19. The zero-order valence-electron chi connectivity index (χ0n) is 8.86. The second kappa shape index (κ2) is 4.71. The molecule has 0 unspecified atom stereocenters. The minimum Gasteiger partial charge on any atom is -0.260 e. The fourth-order valence-electron chi connectivity index (χ4n) is 1.53. The van der Waals surface area contributed by atoms with Gasteiger partial charge in [0.25, 0.3) is 0 Å². The maximum absolute atomic E-state index is 13.0. The summed E-state index contributed by atoms with van der Waals surface area (Å²) in [6.07, 6.45) is 4.32. The molecule has 1 aromatic carbocycles. The average molecular weight is 213 g/mol. The Balaban J connectivity index is 2.31. The summed E-state index contributed by atoms with van der Waals surface area (Å²) >= 11 is 0. The van der Waals surface area contributed by atoms with Crippen molar-refractivity contribution in [2.45, 2.75) is 6.42 Å². The lowest BCUT2D eigenvalue weighted by Crippen LogP contribution is -1.87. The number of pyridine rings is 1. The van der Waals surface area contributed by atoms with Gasteiger partial charge < -0.3 is 0 Å². The third-order valence-electron chi connectivity index (χ3n) is 2.34. The molecular formula is C14H12FN. The van der Waals surface area contributed by atoms with Gasteiger partial charge in [-0.15, -0.1) is 6.58 Å². The van der Waals surface area contributed by atoms with Gasteiger partial charge >= 0.3 is 0 Å². The third-order valence-corrected chi connectivity index (χ3v) is 2.34. The highest BCUT2D eigenvalue weighted by molar-refractivity contribution is 5.62. The zero-order valence-corrected chi connectivity index (χ0v) is 8.86. The van der Waals surface area contributed by atoms with E-state index in [9.17, 15) is 4.39 Å². The van der Waals surface area contributed by atoms with Crippen molar-refractivity contribution in [3.05, 3.63) is 66.8 Å². The second-order valence-corrected chi connectivity index (χ2v) is 3.54. The van der Waals surface area contributed by atoms with Crippen LogP contribution < -0.4 is 0 Å². The number of aromatic nitrogens is 1. The van der Waals surface area contributed by atoms with Crippen molar-refractivity contribution in [3.8, 4) is 11.1 Å². The summed E-state index contributed by atoms with van der Waals surface area (Å²) in [4.78, 5) is 4.28. The van der Waals surface area contributed by atoms with E-state index in [0.29, 0.717) is 0 Å². The van der Waals surface area contributed by atoms with Gasteiger partial charge in [0.1, 0.15) is 5.82 Å². The van der Waals surface area contributed by atoms with E-state index in [0.717, 1.165) is 23.2 Å². The van der Waals surface area contributed by atoms with E-state index in [1.165, 1.54) is 12.1 Å². The van der Waals surface area contributed by atoms with Crippen LogP contribution in [0.5, 0.6) is 0 Å². The van der Waals surface area contributed by atoms with Gasteiger partial charge in [0.05, 0.1) is 0 Å². The second-order valence-electron chi connectivity index (χ2n) is 3.54. The molecular weight excluding hydrogens is 201 g/mol. The van der Waals surface area contributed by atoms with Gasteiger partial charge in [0.2, 0.25) is 0 Å². The average Bonchev–Trinajstić information content (AvgIpc) is 2.30. The molecule has 2 rings (SSSR count). The summed E-state index contributed by atoms with van der Waals surface area (Å²) in [7, 11) is 0. The minimum absolute atomic E-state index is 0.229. The normalized spacial score (nSPS) is 10.1. The summed E-state index contributed by atoms with van der Waals surface area (Å²) in [5, 5.41) is 0. The van der Waals surface area contributed by atoms with Crippen LogP contribution in [0, 0.1) is 5.82 Å². The van der Waals surface area contributed by atoms with E-state index >= 15 is 0 Å². The quantitative estimate of drug-likeness (QED) is 0.710. The predicted octanol–water partition coefficient (Wildman–Crippen LogP) is 3.62. The SMILES string of the molecule is C=CCc1ccc(-c2cccc(F)c2)cn1. The van der Waals surface area contributed by atoms with Crippen LogP contribution in [0.4, 0.5) is 4.39 Å². The first kappa shape index (κ1) is 10.6. The van der Waals surface area contributed by atoms with Crippen molar-refractivity contribution < 1.29 is 4.39 Å². The summed E-state index contributed by atoms with van der Waals surface area (Å²) in [5.41, 5.74) is 2.74. The van der Waals surface area contributed by atoms with E-state index in [1.807, 2.05) is 24.3 Å². The Hall–Kier alpha value is -1.96. The van der Waals surface area contributed by atoms with Crippen LogP contribution in [0.25, 0.3) is 11.1 Å². The Morgan fingerprint density at radius 2 is 2.06 bits per heavy atom. The molecule has 0 radical (unpaired) electrons. The molecule has 0 saturated carbocycles.